The molecule has 1 aliphatic carbocycles. The normalized spacial score (nSPS) is 22.9. The van der Waals surface area contributed by atoms with E-state index < -0.39 is 0 Å². The summed E-state index contributed by atoms with van der Waals surface area (Å²) in [6.07, 6.45) is 2.54. The quantitative estimate of drug-likeness (QED) is 0.829. The van der Waals surface area contributed by atoms with Crippen LogP contribution < -0.4 is 10.1 Å². The predicted molar refractivity (Wildman–Crippen MR) is 77.3 cm³/mol. The molecule has 1 saturated carbocycles. The van der Waals surface area contributed by atoms with Crippen molar-refractivity contribution in [3.8, 4) is 5.75 Å². The molecule has 3 heteroatoms. The van der Waals surface area contributed by atoms with E-state index in [1.807, 2.05) is 12.1 Å². The Kier molecular flexibility index (Phi) is 5.23. The van der Waals surface area contributed by atoms with E-state index in [1.54, 1.807) is 0 Å². The summed E-state index contributed by atoms with van der Waals surface area (Å²) in [5.41, 5.74) is 1.23. The highest BCUT2D eigenvalue weighted by Gasteiger charge is 2.26. The van der Waals surface area contributed by atoms with Gasteiger partial charge >= 0.3 is 0 Å². The van der Waals surface area contributed by atoms with Crippen molar-refractivity contribution in [2.45, 2.75) is 51.9 Å². The average Bonchev–Trinajstić information content (AvgIpc) is 2.75. The molecule has 0 heterocycles. The van der Waals surface area contributed by atoms with Crippen LogP contribution in [0.25, 0.3) is 0 Å². The fourth-order valence-corrected chi connectivity index (χ4v) is 2.45. The number of aliphatic hydroxyl groups is 1. The van der Waals surface area contributed by atoms with Gasteiger partial charge in [-0.3, -0.25) is 0 Å². The minimum Gasteiger partial charge on any atom is -0.488 e. The van der Waals surface area contributed by atoms with Crippen LogP contribution in [0.1, 0.15) is 38.7 Å². The van der Waals surface area contributed by atoms with Gasteiger partial charge in [0.15, 0.2) is 0 Å². The van der Waals surface area contributed by atoms with E-state index >= 15 is 0 Å². The first kappa shape index (κ1) is 14.4. The molecule has 2 atom stereocenters. The number of benzene rings is 1. The van der Waals surface area contributed by atoms with Gasteiger partial charge in [-0.1, -0.05) is 26.0 Å². The lowest BCUT2D eigenvalue weighted by Gasteiger charge is -2.17. The van der Waals surface area contributed by atoms with Crippen LogP contribution >= 0.6 is 0 Å². The number of rotatable bonds is 6. The topological polar surface area (TPSA) is 41.5 Å². The fourth-order valence-electron chi connectivity index (χ4n) is 2.45. The van der Waals surface area contributed by atoms with Crippen LogP contribution in [0.15, 0.2) is 24.3 Å². The molecular formula is C16H25NO2. The smallest absolute Gasteiger partial charge is 0.124 e. The van der Waals surface area contributed by atoms with Gasteiger partial charge in [0.1, 0.15) is 11.9 Å². The van der Waals surface area contributed by atoms with Crippen molar-refractivity contribution in [3.63, 3.8) is 0 Å². The lowest BCUT2D eigenvalue weighted by Crippen LogP contribution is -2.25. The molecule has 0 radical (unpaired) electrons. The van der Waals surface area contributed by atoms with Crippen molar-refractivity contribution in [1.29, 1.82) is 0 Å². The average molecular weight is 263 g/mol. The van der Waals surface area contributed by atoms with E-state index in [0.29, 0.717) is 5.92 Å². The molecule has 0 aliphatic heterocycles. The number of hydrogen-bond donors (Lipinski definition) is 2. The number of hydrogen-bond acceptors (Lipinski definition) is 3. The maximum absolute atomic E-state index is 9.78. The third-order valence-electron chi connectivity index (χ3n) is 3.49. The summed E-state index contributed by atoms with van der Waals surface area (Å²) in [6.45, 7) is 6.29. The molecule has 2 rings (SSSR count). The molecule has 2 unspecified atom stereocenters. The van der Waals surface area contributed by atoms with E-state index in [-0.39, 0.29) is 12.2 Å². The summed E-state index contributed by atoms with van der Waals surface area (Å²) in [5, 5.41) is 13.2. The van der Waals surface area contributed by atoms with E-state index in [9.17, 15) is 5.11 Å². The highest BCUT2D eigenvalue weighted by Crippen LogP contribution is 2.25. The molecule has 0 aromatic heterocycles. The van der Waals surface area contributed by atoms with Gasteiger partial charge in [-0.2, -0.15) is 0 Å². The third kappa shape index (κ3) is 4.51. The van der Waals surface area contributed by atoms with Crippen LogP contribution in [-0.2, 0) is 6.54 Å². The van der Waals surface area contributed by atoms with Gasteiger partial charge in [0.25, 0.3) is 0 Å². The van der Waals surface area contributed by atoms with Crippen LogP contribution in [0.2, 0.25) is 0 Å². The van der Waals surface area contributed by atoms with Gasteiger partial charge in [0.2, 0.25) is 0 Å². The lowest BCUT2D eigenvalue weighted by molar-refractivity contribution is 0.0603. The first-order valence-corrected chi connectivity index (χ1v) is 7.29. The zero-order valence-corrected chi connectivity index (χ0v) is 11.9. The standard InChI is InChI=1S/C16H25NO2/c1-12(2)10-17-11-13-5-3-6-14(9-13)19-16-8-4-7-15(16)18/h3,5-6,9,12,15-18H,4,7-8,10-11H2,1-2H3. The van der Waals surface area contributed by atoms with Gasteiger partial charge in [0.05, 0.1) is 6.10 Å². The summed E-state index contributed by atoms with van der Waals surface area (Å²) in [5.74, 6) is 1.53. The summed E-state index contributed by atoms with van der Waals surface area (Å²) >= 11 is 0. The maximum atomic E-state index is 9.78. The minimum atomic E-state index is -0.303. The monoisotopic (exact) mass is 263 g/mol. The molecule has 3 nitrogen and oxygen atoms in total. The molecule has 2 N–H and O–H groups in total. The Labute approximate surface area is 116 Å². The van der Waals surface area contributed by atoms with Crippen molar-refractivity contribution >= 4 is 0 Å². The molecule has 0 amide bonds. The van der Waals surface area contributed by atoms with Gasteiger partial charge in [0, 0.05) is 6.54 Å². The van der Waals surface area contributed by atoms with E-state index in [2.05, 4.69) is 31.3 Å². The van der Waals surface area contributed by atoms with Gasteiger partial charge in [-0.05, 0) is 49.4 Å². The molecule has 1 aromatic carbocycles. The Hall–Kier alpha value is -1.06. The van der Waals surface area contributed by atoms with Crippen LogP contribution in [0.4, 0.5) is 0 Å². The van der Waals surface area contributed by atoms with Crippen molar-refractivity contribution < 1.29 is 9.84 Å². The Balaban J connectivity index is 1.87. The molecule has 0 saturated heterocycles. The molecule has 0 spiro atoms. The first-order chi connectivity index (χ1) is 9.15. The van der Waals surface area contributed by atoms with Crippen molar-refractivity contribution in [3.05, 3.63) is 29.8 Å². The van der Waals surface area contributed by atoms with E-state index in [1.165, 1.54) is 5.56 Å². The molecule has 0 bridgehead atoms. The highest BCUT2D eigenvalue weighted by molar-refractivity contribution is 5.28. The minimum absolute atomic E-state index is 0.0288. The molecule has 1 fully saturated rings. The SMILES string of the molecule is CC(C)CNCc1cccc(OC2CCCC2O)c1. The van der Waals surface area contributed by atoms with Gasteiger partial charge in [-0.15, -0.1) is 0 Å². The van der Waals surface area contributed by atoms with E-state index in [4.69, 9.17) is 4.74 Å². The van der Waals surface area contributed by atoms with Gasteiger partial charge < -0.3 is 15.2 Å². The number of ether oxygens (including phenoxy) is 1. The first-order valence-electron chi connectivity index (χ1n) is 7.29. The van der Waals surface area contributed by atoms with Crippen molar-refractivity contribution in [1.82, 2.24) is 5.32 Å². The van der Waals surface area contributed by atoms with Crippen LogP contribution in [0.3, 0.4) is 0 Å². The maximum Gasteiger partial charge on any atom is 0.124 e. The second-order valence-corrected chi connectivity index (χ2v) is 5.83. The van der Waals surface area contributed by atoms with Gasteiger partial charge in [-0.25, -0.2) is 0 Å². The van der Waals surface area contributed by atoms with Crippen molar-refractivity contribution in [2.75, 3.05) is 6.54 Å². The second-order valence-electron chi connectivity index (χ2n) is 5.83. The summed E-state index contributed by atoms with van der Waals surface area (Å²) < 4.78 is 5.88. The molecule has 106 valence electrons. The molecule has 1 aliphatic rings. The largest absolute Gasteiger partial charge is 0.488 e. The zero-order valence-electron chi connectivity index (χ0n) is 11.9. The Bertz CT molecular complexity index is 392. The summed E-state index contributed by atoms with van der Waals surface area (Å²) in [7, 11) is 0. The predicted octanol–water partition coefficient (Wildman–Crippen LogP) is 2.72. The summed E-state index contributed by atoms with van der Waals surface area (Å²) in [6, 6.07) is 8.16. The fraction of sp³-hybridized carbons (Fsp3) is 0.625. The summed E-state index contributed by atoms with van der Waals surface area (Å²) in [4.78, 5) is 0. The second kappa shape index (κ2) is 6.92. The van der Waals surface area contributed by atoms with Crippen LogP contribution in [0, 0.1) is 5.92 Å². The molecule has 19 heavy (non-hydrogen) atoms. The zero-order chi connectivity index (χ0) is 13.7. The molecular weight excluding hydrogens is 238 g/mol. The Morgan fingerprint density at radius 3 is 2.89 bits per heavy atom. The Morgan fingerprint density at radius 1 is 1.37 bits per heavy atom. The number of aliphatic hydroxyl groups excluding tert-OH is 1. The molecule has 1 aromatic rings. The highest BCUT2D eigenvalue weighted by atomic mass is 16.5. The third-order valence-corrected chi connectivity index (χ3v) is 3.49. The number of nitrogens with one attached hydrogen (secondary N) is 1. The van der Waals surface area contributed by atoms with Crippen molar-refractivity contribution in [2.24, 2.45) is 5.92 Å². The van der Waals surface area contributed by atoms with Crippen LogP contribution in [-0.4, -0.2) is 23.9 Å². The van der Waals surface area contributed by atoms with Crippen LogP contribution in [0.5, 0.6) is 5.75 Å². The lowest BCUT2D eigenvalue weighted by atomic mass is 10.2. The Morgan fingerprint density at radius 2 is 2.21 bits per heavy atom. The van der Waals surface area contributed by atoms with E-state index in [0.717, 1.165) is 38.1 Å².